The Bertz CT molecular complexity index is 782. The fraction of sp³-hybridized carbons (Fsp3) is 0.250. The largest absolute Gasteiger partial charge is 0.445 e. The molecular formula is C20H22N2O6. The molecule has 0 aliphatic rings. The van der Waals surface area contributed by atoms with Gasteiger partial charge in [-0.3, -0.25) is 5.32 Å². The lowest BCUT2D eigenvalue weighted by atomic mass is 10.1. The number of benzene rings is 2. The first-order valence-electron chi connectivity index (χ1n) is 8.54. The van der Waals surface area contributed by atoms with E-state index in [0.29, 0.717) is 0 Å². The third kappa shape index (κ3) is 6.82. The molecule has 0 aromatic heterocycles. The molecule has 0 heterocycles. The molecule has 8 heteroatoms. The third-order valence-corrected chi connectivity index (χ3v) is 3.71. The molecule has 0 spiro atoms. The van der Waals surface area contributed by atoms with Crippen molar-refractivity contribution in [2.45, 2.75) is 25.3 Å². The van der Waals surface area contributed by atoms with Crippen LogP contribution in [-0.2, 0) is 36.8 Å². The zero-order valence-corrected chi connectivity index (χ0v) is 15.4. The van der Waals surface area contributed by atoms with Crippen molar-refractivity contribution in [1.29, 1.82) is 0 Å². The summed E-state index contributed by atoms with van der Waals surface area (Å²) in [6.45, 7) is 0.0129. The van der Waals surface area contributed by atoms with Crippen molar-refractivity contribution >= 4 is 18.0 Å². The fourth-order valence-corrected chi connectivity index (χ4v) is 2.27. The summed E-state index contributed by atoms with van der Waals surface area (Å²) in [7, 11) is 1.18. The molecule has 0 saturated carbocycles. The first kappa shape index (κ1) is 21.1. The predicted molar refractivity (Wildman–Crippen MR) is 99.8 cm³/mol. The van der Waals surface area contributed by atoms with Crippen LogP contribution >= 0.6 is 0 Å². The standard InChI is InChI=1S/C20H22N2O6/c1-26-17(22-20(25)27-13-15-10-6-3-7-11-15)19(24)28-18(23)16(21)12-14-8-4-2-5-9-14/h2-11,16-17H,12-13,21H2,1H3,(H,22,25)/t16-,17?/m0/s1. The van der Waals surface area contributed by atoms with Gasteiger partial charge in [0, 0.05) is 7.11 Å². The highest BCUT2D eigenvalue weighted by Gasteiger charge is 2.27. The first-order chi connectivity index (χ1) is 13.5. The summed E-state index contributed by atoms with van der Waals surface area (Å²) >= 11 is 0. The highest BCUT2D eigenvalue weighted by atomic mass is 16.6. The van der Waals surface area contributed by atoms with Crippen molar-refractivity contribution in [3.8, 4) is 0 Å². The molecule has 2 rings (SSSR count). The lowest BCUT2D eigenvalue weighted by molar-refractivity contribution is -0.169. The topological polar surface area (TPSA) is 117 Å². The third-order valence-electron chi connectivity index (χ3n) is 3.71. The Kier molecular flexibility index (Phi) is 8.13. The van der Waals surface area contributed by atoms with Crippen molar-refractivity contribution < 1.29 is 28.6 Å². The van der Waals surface area contributed by atoms with Crippen molar-refractivity contribution in [3.63, 3.8) is 0 Å². The first-order valence-corrected chi connectivity index (χ1v) is 8.54. The van der Waals surface area contributed by atoms with Crippen LogP contribution in [0.1, 0.15) is 11.1 Å². The zero-order valence-electron chi connectivity index (χ0n) is 15.4. The maximum absolute atomic E-state index is 12.1. The van der Waals surface area contributed by atoms with Crippen molar-refractivity contribution in [1.82, 2.24) is 5.32 Å². The van der Waals surface area contributed by atoms with Gasteiger partial charge in [-0.15, -0.1) is 0 Å². The Hall–Kier alpha value is -3.23. The van der Waals surface area contributed by atoms with Crippen molar-refractivity contribution in [2.24, 2.45) is 5.73 Å². The normalized spacial score (nSPS) is 12.5. The van der Waals surface area contributed by atoms with E-state index in [1.807, 2.05) is 24.3 Å². The SMILES string of the molecule is COC(NC(=O)OCc1ccccc1)C(=O)OC(=O)[C@@H](N)Cc1ccccc1. The Morgan fingerprint density at radius 3 is 2.07 bits per heavy atom. The van der Waals surface area contributed by atoms with E-state index in [1.54, 1.807) is 36.4 Å². The Labute approximate surface area is 162 Å². The Balaban J connectivity index is 1.81. The molecule has 8 nitrogen and oxygen atoms in total. The van der Waals surface area contributed by atoms with Gasteiger partial charge in [-0.2, -0.15) is 0 Å². The molecule has 1 amide bonds. The van der Waals surface area contributed by atoms with Crippen LogP contribution in [0.3, 0.4) is 0 Å². The van der Waals surface area contributed by atoms with E-state index in [-0.39, 0.29) is 13.0 Å². The van der Waals surface area contributed by atoms with Gasteiger partial charge < -0.3 is 19.9 Å². The van der Waals surface area contributed by atoms with Crippen LogP contribution in [0, 0.1) is 0 Å². The van der Waals surface area contributed by atoms with Gasteiger partial charge >= 0.3 is 18.0 Å². The van der Waals surface area contributed by atoms with Gasteiger partial charge in [-0.05, 0) is 17.5 Å². The number of ether oxygens (including phenoxy) is 3. The average Bonchev–Trinajstić information content (AvgIpc) is 2.71. The monoisotopic (exact) mass is 386 g/mol. The van der Waals surface area contributed by atoms with E-state index in [2.05, 4.69) is 5.32 Å². The summed E-state index contributed by atoms with van der Waals surface area (Å²) in [5, 5.41) is 2.18. The number of esters is 2. The quantitative estimate of drug-likeness (QED) is 0.401. The number of alkyl carbamates (subject to hydrolysis) is 1. The Morgan fingerprint density at radius 1 is 0.929 bits per heavy atom. The molecule has 0 saturated heterocycles. The maximum atomic E-state index is 12.1. The second-order valence-electron chi connectivity index (χ2n) is 5.86. The minimum atomic E-state index is -1.50. The molecule has 2 aromatic rings. The molecule has 2 atom stereocenters. The summed E-state index contributed by atoms with van der Waals surface area (Å²) in [6, 6.07) is 17.0. The van der Waals surface area contributed by atoms with Crippen LogP contribution < -0.4 is 11.1 Å². The summed E-state index contributed by atoms with van der Waals surface area (Å²) in [5.41, 5.74) is 7.37. The zero-order chi connectivity index (χ0) is 20.4. The molecule has 2 aromatic carbocycles. The van der Waals surface area contributed by atoms with E-state index in [4.69, 9.17) is 19.9 Å². The van der Waals surface area contributed by atoms with E-state index in [1.165, 1.54) is 7.11 Å². The molecule has 148 valence electrons. The number of hydrogen-bond acceptors (Lipinski definition) is 7. The Morgan fingerprint density at radius 2 is 1.50 bits per heavy atom. The van der Waals surface area contributed by atoms with Gasteiger partial charge in [0.05, 0.1) is 0 Å². The molecular weight excluding hydrogens is 364 g/mol. The lowest BCUT2D eigenvalue weighted by Crippen LogP contribution is -2.46. The number of carbonyl (C=O) groups is 3. The predicted octanol–water partition coefficient (Wildman–Crippen LogP) is 1.53. The minimum absolute atomic E-state index is 0.0129. The van der Waals surface area contributed by atoms with E-state index in [0.717, 1.165) is 11.1 Å². The maximum Gasteiger partial charge on any atom is 0.409 e. The van der Waals surface area contributed by atoms with Gasteiger partial charge in [0.15, 0.2) is 0 Å². The van der Waals surface area contributed by atoms with Gasteiger partial charge in [-0.1, -0.05) is 60.7 Å². The highest BCUT2D eigenvalue weighted by molar-refractivity contribution is 5.91. The number of nitrogens with two attached hydrogens (primary N) is 1. The average molecular weight is 386 g/mol. The van der Waals surface area contributed by atoms with Crippen LogP contribution in [0.15, 0.2) is 60.7 Å². The number of hydrogen-bond donors (Lipinski definition) is 2. The molecule has 28 heavy (non-hydrogen) atoms. The van der Waals surface area contributed by atoms with Crippen LogP contribution in [0.25, 0.3) is 0 Å². The summed E-state index contributed by atoms with van der Waals surface area (Å²) in [5.74, 6) is -2.01. The van der Waals surface area contributed by atoms with Crippen LogP contribution in [0.4, 0.5) is 4.79 Å². The second-order valence-corrected chi connectivity index (χ2v) is 5.86. The van der Waals surface area contributed by atoms with Gasteiger partial charge in [-0.25, -0.2) is 14.4 Å². The molecule has 0 radical (unpaired) electrons. The van der Waals surface area contributed by atoms with E-state index < -0.39 is 30.3 Å². The van der Waals surface area contributed by atoms with E-state index in [9.17, 15) is 14.4 Å². The van der Waals surface area contributed by atoms with Gasteiger partial charge in [0.1, 0.15) is 12.6 Å². The molecule has 0 fully saturated rings. The van der Waals surface area contributed by atoms with Crippen molar-refractivity contribution in [3.05, 3.63) is 71.8 Å². The highest BCUT2D eigenvalue weighted by Crippen LogP contribution is 2.05. The van der Waals surface area contributed by atoms with Crippen LogP contribution in [0.2, 0.25) is 0 Å². The molecule has 3 N–H and O–H groups in total. The van der Waals surface area contributed by atoms with Crippen molar-refractivity contribution in [2.75, 3.05) is 7.11 Å². The molecule has 1 unspecified atom stereocenters. The molecule has 0 aliphatic carbocycles. The summed E-state index contributed by atoms with van der Waals surface area (Å²) in [6.07, 6.45) is -2.19. The second kappa shape index (κ2) is 10.8. The number of carbonyl (C=O) groups excluding carboxylic acids is 3. The minimum Gasteiger partial charge on any atom is -0.445 e. The number of rotatable bonds is 8. The lowest BCUT2D eigenvalue weighted by Gasteiger charge is -2.16. The van der Waals surface area contributed by atoms with Crippen LogP contribution in [0.5, 0.6) is 0 Å². The van der Waals surface area contributed by atoms with Gasteiger partial charge in [0.2, 0.25) is 6.23 Å². The van der Waals surface area contributed by atoms with Crippen LogP contribution in [-0.4, -0.2) is 37.4 Å². The number of amides is 1. The van der Waals surface area contributed by atoms with E-state index >= 15 is 0 Å². The molecule has 0 aliphatic heterocycles. The molecule has 0 bridgehead atoms. The van der Waals surface area contributed by atoms with Gasteiger partial charge in [0.25, 0.3) is 0 Å². The summed E-state index contributed by atoms with van der Waals surface area (Å²) in [4.78, 5) is 35.9. The number of nitrogens with one attached hydrogen (secondary N) is 1. The smallest absolute Gasteiger partial charge is 0.409 e. The fourth-order valence-electron chi connectivity index (χ4n) is 2.27. The summed E-state index contributed by atoms with van der Waals surface area (Å²) < 4.78 is 14.6. The number of methoxy groups -OCH3 is 1.